The maximum Gasteiger partial charge on any atom is 0.261 e. The second kappa shape index (κ2) is 9.28. The Morgan fingerprint density at radius 3 is 2.06 bits per heavy atom. The van der Waals surface area contributed by atoms with Gasteiger partial charge in [-0.25, -0.2) is 22.2 Å². The summed E-state index contributed by atoms with van der Waals surface area (Å²) in [5.74, 6) is -2.88. The number of para-hydroxylation sites is 1. The Kier molecular flexibility index (Phi) is 6.24. The molecular formula is C24H18F2N4O3S. The van der Waals surface area contributed by atoms with Gasteiger partial charge < -0.3 is 11.1 Å². The smallest absolute Gasteiger partial charge is 0.261 e. The predicted octanol–water partition coefficient (Wildman–Crippen LogP) is 4.72. The second-order valence-corrected chi connectivity index (χ2v) is 8.86. The molecule has 4 aromatic rings. The van der Waals surface area contributed by atoms with E-state index < -0.39 is 33.0 Å². The van der Waals surface area contributed by atoms with Crippen molar-refractivity contribution in [2.45, 2.75) is 4.90 Å². The predicted molar refractivity (Wildman–Crippen MR) is 125 cm³/mol. The highest BCUT2D eigenvalue weighted by molar-refractivity contribution is 7.92. The molecule has 34 heavy (non-hydrogen) atoms. The Morgan fingerprint density at radius 2 is 1.44 bits per heavy atom. The van der Waals surface area contributed by atoms with Gasteiger partial charge in [0, 0.05) is 11.4 Å². The zero-order valence-electron chi connectivity index (χ0n) is 17.5. The van der Waals surface area contributed by atoms with Crippen molar-refractivity contribution in [3.05, 3.63) is 108 Å². The van der Waals surface area contributed by atoms with E-state index in [4.69, 9.17) is 5.73 Å². The van der Waals surface area contributed by atoms with Crippen molar-refractivity contribution >= 4 is 38.8 Å². The maximum absolute atomic E-state index is 13.9. The molecule has 0 bridgehead atoms. The normalized spacial score (nSPS) is 11.1. The number of benzene rings is 3. The van der Waals surface area contributed by atoms with E-state index in [2.05, 4.69) is 15.0 Å². The van der Waals surface area contributed by atoms with Gasteiger partial charge in [-0.05, 0) is 60.7 Å². The fourth-order valence-corrected chi connectivity index (χ4v) is 4.23. The van der Waals surface area contributed by atoms with E-state index in [0.29, 0.717) is 11.4 Å². The van der Waals surface area contributed by atoms with Crippen molar-refractivity contribution in [1.82, 2.24) is 4.98 Å². The molecular weight excluding hydrogens is 462 g/mol. The fraction of sp³-hybridized carbons (Fsp3) is 0. The van der Waals surface area contributed by atoms with Crippen molar-refractivity contribution < 1.29 is 22.0 Å². The Labute approximate surface area is 194 Å². The van der Waals surface area contributed by atoms with Crippen LogP contribution in [0.2, 0.25) is 0 Å². The van der Waals surface area contributed by atoms with Crippen LogP contribution in [0, 0.1) is 11.6 Å². The maximum atomic E-state index is 13.9. The van der Waals surface area contributed by atoms with Crippen LogP contribution >= 0.6 is 0 Å². The van der Waals surface area contributed by atoms with Crippen LogP contribution in [0.4, 0.5) is 31.8 Å². The molecule has 0 saturated heterocycles. The van der Waals surface area contributed by atoms with Gasteiger partial charge in [0.25, 0.3) is 10.0 Å². The first-order valence-corrected chi connectivity index (χ1v) is 11.4. The number of nitrogens with two attached hydrogens (primary N) is 1. The summed E-state index contributed by atoms with van der Waals surface area (Å²) in [7, 11) is -3.77. The molecule has 4 N–H and O–H groups in total. The molecule has 7 nitrogen and oxygen atoms in total. The van der Waals surface area contributed by atoms with Crippen LogP contribution < -0.4 is 15.8 Å². The number of pyridine rings is 1. The third-order valence-corrected chi connectivity index (χ3v) is 6.22. The quantitative estimate of drug-likeness (QED) is 0.330. The number of anilines is 4. The standard InChI is InChI=1S/C24H18F2N4O3S/c25-19-7-4-8-20(26)22(19)23(31)18-13-14-21(29-24(18)27)28-15-9-11-17(12-10-15)34(32,33)30-16-5-2-1-3-6-16/h1-14,30H,(H3,27,28,29). The molecule has 0 aliphatic carbocycles. The SMILES string of the molecule is Nc1nc(Nc2ccc(S(=O)(=O)Nc3ccccc3)cc2)ccc1C(=O)c1c(F)cccc1F. The zero-order valence-corrected chi connectivity index (χ0v) is 18.3. The van der Waals surface area contributed by atoms with Crippen molar-refractivity contribution in [2.75, 3.05) is 15.8 Å². The molecule has 0 amide bonds. The number of carbonyl (C=O) groups is 1. The molecule has 1 heterocycles. The first kappa shape index (κ1) is 22.9. The first-order chi connectivity index (χ1) is 16.2. The number of aromatic nitrogens is 1. The molecule has 0 spiro atoms. The third-order valence-electron chi connectivity index (χ3n) is 4.82. The minimum Gasteiger partial charge on any atom is -0.383 e. The van der Waals surface area contributed by atoms with Gasteiger partial charge in [-0.15, -0.1) is 0 Å². The van der Waals surface area contributed by atoms with Crippen LogP contribution in [-0.4, -0.2) is 19.2 Å². The summed E-state index contributed by atoms with van der Waals surface area (Å²) in [5, 5.41) is 2.94. The van der Waals surface area contributed by atoms with Crippen LogP contribution in [0.5, 0.6) is 0 Å². The van der Waals surface area contributed by atoms with E-state index in [0.717, 1.165) is 18.2 Å². The number of ketones is 1. The lowest BCUT2D eigenvalue weighted by Gasteiger charge is -2.11. The molecule has 0 aliphatic rings. The molecule has 172 valence electrons. The summed E-state index contributed by atoms with van der Waals surface area (Å²) in [6, 6.07) is 20.2. The van der Waals surface area contributed by atoms with E-state index >= 15 is 0 Å². The summed E-state index contributed by atoms with van der Waals surface area (Å²) in [6.07, 6.45) is 0. The molecule has 1 aromatic heterocycles. The summed E-state index contributed by atoms with van der Waals surface area (Å²) in [6.45, 7) is 0. The van der Waals surface area contributed by atoms with Gasteiger partial charge in [0.15, 0.2) is 0 Å². The van der Waals surface area contributed by atoms with Crippen LogP contribution in [0.25, 0.3) is 0 Å². The minimum absolute atomic E-state index is 0.0576. The number of nitrogens with zero attached hydrogens (tertiary/aromatic N) is 1. The van der Waals surface area contributed by atoms with E-state index in [9.17, 15) is 22.0 Å². The highest BCUT2D eigenvalue weighted by atomic mass is 32.2. The van der Waals surface area contributed by atoms with E-state index in [1.165, 1.54) is 36.4 Å². The van der Waals surface area contributed by atoms with Crippen molar-refractivity contribution in [1.29, 1.82) is 0 Å². The number of nitrogen functional groups attached to an aromatic ring is 1. The second-order valence-electron chi connectivity index (χ2n) is 7.18. The van der Waals surface area contributed by atoms with Crippen molar-refractivity contribution in [3.63, 3.8) is 0 Å². The Balaban J connectivity index is 1.50. The average Bonchev–Trinajstić information content (AvgIpc) is 2.80. The number of carbonyl (C=O) groups excluding carboxylic acids is 1. The lowest BCUT2D eigenvalue weighted by atomic mass is 10.0. The van der Waals surface area contributed by atoms with Gasteiger partial charge in [0.05, 0.1) is 16.0 Å². The lowest BCUT2D eigenvalue weighted by molar-refractivity contribution is 0.103. The molecule has 10 heteroatoms. The van der Waals surface area contributed by atoms with Crippen molar-refractivity contribution in [2.24, 2.45) is 0 Å². The van der Waals surface area contributed by atoms with E-state index in [-0.39, 0.29) is 22.1 Å². The van der Waals surface area contributed by atoms with Crippen LogP contribution in [0.1, 0.15) is 15.9 Å². The average molecular weight is 480 g/mol. The number of halogens is 2. The lowest BCUT2D eigenvalue weighted by Crippen LogP contribution is -2.13. The number of hydrogen-bond acceptors (Lipinski definition) is 6. The summed E-state index contributed by atoms with van der Waals surface area (Å²) in [4.78, 5) is 16.7. The van der Waals surface area contributed by atoms with E-state index in [1.54, 1.807) is 30.3 Å². The van der Waals surface area contributed by atoms with Crippen LogP contribution in [-0.2, 0) is 10.0 Å². The molecule has 0 atom stereocenters. The Hall–Kier alpha value is -4.31. The molecule has 4 rings (SSSR count). The van der Waals surface area contributed by atoms with Crippen LogP contribution in [0.15, 0.2) is 89.8 Å². The van der Waals surface area contributed by atoms with Gasteiger partial charge in [-0.1, -0.05) is 24.3 Å². The topological polar surface area (TPSA) is 114 Å². The monoisotopic (exact) mass is 480 g/mol. The number of hydrogen-bond donors (Lipinski definition) is 3. The molecule has 0 fully saturated rings. The Bertz CT molecular complexity index is 1440. The van der Waals surface area contributed by atoms with Gasteiger partial charge in [-0.3, -0.25) is 9.52 Å². The molecule has 0 aliphatic heterocycles. The van der Waals surface area contributed by atoms with E-state index in [1.807, 2.05) is 0 Å². The molecule has 3 aromatic carbocycles. The molecule has 0 saturated carbocycles. The minimum atomic E-state index is -3.77. The molecule has 0 radical (unpaired) electrons. The largest absolute Gasteiger partial charge is 0.383 e. The van der Waals surface area contributed by atoms with Crippen molar-refractivity contribution in [3.8, 4) is 0 Å². The first-order valence-electron chi connectivity index (χ1n) is 9.95. The molecule has 0 unspecified atom stereocenters. The number of rotatable bonds is 7. The fourth-order valence-electron chi connectivity index (χ4n) is 3.17. The number of sulfonamides is 1. The highest BCUT2D eigenvalue weighted by Crippen LogP contribution is 2.24. The third kappa shape index (κ3) is 4.86. The highest BCUT2D eigenvalue weighted by Gasteiger charge is 2.21. The number of nitrogens with one attached hydrogen (secondary N) is 2. The summed E-state index contributed by atoms with van der Waals surface area (Å²) < 4.78 is 55.4. The van der Waals surface area contributed by atoms with Crippen LogP contribution in [0.3, 0.4) is 0 Å². The Morgan fingerprint density at radius 1 is 0.794 bits per heavy atom. The van der Waals surface area contributed by atoms with Gasteiger partial charge in [0.2, 0.25) is 5.78 Å². The zero-order chi connectivity index (χ0) is 24.3. The van der Waals surface area contributed by atoms with Gasteiger partial charge in [-0.2, -0.15) is 0 Å². The summed E-state index contributed by atoms with van der Waals surface area (Å²) in [5.41, 5.74) is 5.95. The van der Waals surface area contributed by atoms with Gasteiger partial charge >= 0.3 is 0 Å². The van der Waals surface area contributed by atoms with Gasteiger partial charge in [0.1, 0.15) is 23.3 Å². The summed E-state index contributed by atoms with van der Waals surface area (Å²) >= 11 is 0.